The molecule has 0 spiro atoms. The van der Waals surface area contributed by atoms with Crippen LogP contribution in [0.4, 0.5) is 5.13 Å². The molecular weight excluding hydrogens is 232 g/mol. The van der Waals surface area contributed by atoms with Crippen LogP contribution in [-0.2, 0) is 6.61 Å². The summed E-state index contributed by atoms with van der Waals surface area (Å²) in [4.78, 5) is 5.39. The minimum atomic E-state index is 0.576. The smallest absolute Gasteiger partial charge is 0.182 e. The lowest BCUT2D eigenvalue weighted by atomic mass is 10.2. The minimum Gasteiger partial charge on any atom is -0.488 e. The summed E-state index contributed by atoms with van der Waals surface area (Å²) in [6.07, 6.45) is 1.86. The van der Waals surface area contributed by atoms with E-state index in [2.05, 4.69) is 30.2 Å². The largest absolute Gasteiger partial charge is 0.488 e. The Hall–Kier alpha value is -1.55. The topological polar surface area (TPSA) is 34.2 Å². The first-order chi connectivity index (χ1) is 8.28. The lowest BCUT2D eigenvalue weighted by Gasteiger charge is -2.04. The van der Waals surface area contributed by atoms with Crippen molar-refractivity contribution in [3.05, 3.63) is 40.9 Å². The van der Waals surface area contributed by atoms with Crippen molar-refractivity contribution in [1.82, 2.24) is 4.98 Å². The van der Waals surface area contributed by atoms with Gasteiger partial charge in [-0.2, -0.15) is 0 Å². The fourth-order valence-electron chi connectivity index (χ4n) is 1.47. The van der Waals surface area contributed by atoms with Crippen LogP contribution in [0.15, 0.2) is 30.5 Å². The summed E-state index contributed by atoms with van der Waals surface area (Å²) in [6, 6.07) is 8.07. The zero-order valence-corrected chi connectivity index (χ0v) is 10.9. The first-order valence-electron chi connectivity index (χ1n) is 5.66. The third-order valence-corrected chi connectivity index (χ3v) is 3.18. The molecule has 0 aliphatic carbocycles. The van der Waals surface area contributed by atoms with Crippen LogP contribution in [0.25, 0.3) is 0 Å². The van der Waals surface area contributed by atoms with Gasteiger partial charge < -0.3 is 10.1 Å². The number of aryl methyl sites for hydroxylation is 1. The van der Waals surface area contributed by atoms with Crippen LogP contribution in [0.3, 0.4) is 0 Å². The molecule has 1 aromatic heterocycles. The van der Waals surface area contributed by atoms with Crippen LogP contribution in [0.2, 0.25) is 0 Å². The number of rotatable bonds is 5. The van der Waals surface area contributed by atoms with Gasteiger partial charge in [0.25, 0.3) is 0 Å². The molecule has 3 nitrogen and oxygen atoms in total. The summed E-state index contributed by atoms with van der Waals surface area (Å²) in [5.41, 5.74) is 1.21. The molecule has 4 heteroatoms. The van der Waals surface area contributed by atoms with Gasteiger partial charge in [-0.25, -0.2) is 4.98 Å². The highest BCUT2D eigenvalue weighted by Crippen LogP contribution is 2.20. The molecule has 1 aromatic carbocycles. The Balaban J connectivity index is 1.93. The van der Waals surface area contributed by atoms with Crippen molar-refractivity contribution < 1.29 is 4.74 Å². The highest BCUT2D eigenvalue weighted by molar-refractivity contribution is 7.15. The quantitative estimate of drug-likeness (QED) is 0.879. The van der Waals surface area contributed by atoms with Crippen molar-refractivity contribution >= 4 is 16.5 Å². The van der Waals surface area contributed by atoms with Crippen molar-refractivity contribution in [3.8, 4) is 5.75 Å². The van der Waals surface area contributed by atoms with Crippen LogP contribution in [0.5, 0.6) is 5.75 Å². The van der Waals surface area contributed by atoms with E-state index in [1.54, 1.807) is 11.3 Å². The van der Waals surface area contributed by atoms with E-state index in [4.69, 9.17) is 4.74 Å². The minimum absolute atomic E-state index is 0.576. The number of ether oxygens (including phenoxy) is 1. The Morgan fingerprint density at radius 3 is 3.06 bits per heavy atom. The molecule has 0 unspecified atom stereocenters. The second kappa shape index (κ2) is 5.68. The summed E-state index contributed by atoms with van der Waals surface area (Å²) in [5.74, 6) is 0.906. The van der Waals surface area contributed by atoms with Gasteiger partial charge >= 0.3 is 0 Å². The highest BCUT2D eigenvalue weighted by Gasteiger charge is 2.02. The summed E-state index contributed by atoms with van der Waals surface area (Å²) in [5, 5.41) is 4.14. The maximum Gasteiger partial charge on any atom is 0.182 e. The van der Waals surface area contributed by atoms with E-state index < -0.39 is 0 Å². The molecule has 0 radical (unpaired) electrons. The van der Waals surface area contributed by atoms with Gasteiger partial charge in [-0.3, -0.25) is 0 Å². The number of nitrogens with one attached hydrogen (secondary N) is 1. The van der Waals surface area contributed by atoms with E-state index in [0.29, 0.717) is 6.61 Å². The van der Waals surface area contributed by atoms with Crippen molar-refractivity contribution in [1.29, 1.82) is 0 Å². The van der Waals surface area contributed by atoms with E-state index in [1.165, 1.54) is 5.56 Å². The molecule has 0 saturated heterocycles. The normalized spacial score (nSPS) is 10.2. The number of anilines is 1. The number of hydrogen-bond acceptors (Lipinski definition) is 4. The van der Waals surface area contributed by atoms with Crippen LogP contribution >= 0.6 is 11.3 Å². The molecule has 0 atom stereocenters. The van der Waals surface area contributed by atoms with Crippen LogP contribution < -0.4 is 10.1 Å². The summed E-state index contributed by atoms with van der Waals surface area (Å²) in [6.45, 7) is 5.59. The zero-order valence-electron chi connectivity index (χ0n) is 10.1. The maximum absolute atomic E-state index is 5.71. The molecule has 17 heavy (non-hydrogen) atoms. The molecule has 0 fully saturated rings. The van der Waals surface area contributed by atoms with Gasteiger partial charge in [-0.15, -0.1) is 0 Å². The molecular formula is C13H16N2OS. The van der Waals surface area contributed by atoms with E-state index in [-0.39, 0.29) is 0 Å². The first-order valence-corrected chi connectivity index (χ1v) is 6.47. The van der Waals surface area contributed by atoms with Gasteiger partial charge in [-0.1, -0.05) is 23.5 Å². The van der Waals surface area contributed by atoms with Gasteiger partial charge in [0.15, 0.2) is 5.13 Å². The molecule has 90 valence electrons. The van der Waals surface area contributed by atoms with Crippen LogP contribution in [-0.4, -0.2) is 11.5 Å². The Bertz CT molecular complexity index is 482. The number of hydrogen-bond donors (Lipinski definition) is 1. The zero-order chi connectivity index (χ0) is 12.1. The van der Waals surface area contributed by atoms with Gasteiger partial charge in [0, 0.05) is 12.7 Å². The maximum atomic E-state index is 5.71. The molecule has 0 aliphatic heterocycles. The van der Waals surface area contributed by atoms with Crippen molar-refractivity contribution in [2.24, 2.45) is 0 Å². The Labute approximate surface area is 105 Å². The van der Waals surface area contributed by atoms with Gasteiger partial charge in [-0.05, 0) is 31.5 Å². The SMILES string of the molecule is CCNc1ncc(COc2cccc(C)c2)s1. The highest BCUT2D eigenvalue weighted by atomic mass is 32.1. The van der Waals surface area contributed by atoms with Crippen molar-refractivity contribution in [2.75, 3.05) is 11.9 Å². The average molecular weight is 248 g/mol. The number of benzene rings is 1. The Kier molecular flexibility index (Phi) is 3.98. The molecule has 0 amide bonds. The predicted molar refractivity (Wildman–Crippen MR) is 71.8 cm³/mol. The standard InChI is InChI=1S/C13H16N2OS/c1-3-14-13-15-8-12(17-13)9-16-11-6-4-5-10(2)7-11/h4-8H,3,9H2,1-2H3,(H,14,15). The Morgan fingerprint density at radius 1 is 1.41 bits per heavy atom. The number of thiazole rings is 1. The lowest BCUT2D eigenvalue weighted by molar-refractivity contribution is 0.309. The number of nitrogens with zero attached hydrogens (tertiary/aromatic N) is 1. The van der Waals surface area contributed by atoms with Gasteiger partial charge in [0.2, 0.25) is 0 Å². The van der Waals surface area contributed by atoms with Gasteiger partial charge in [0.05, 0.1) is 4.88 Å². The predicted octanol–water partition coefficient (Wildman–Crippen LogP) is 3.46. The second-order valence-electron chi connectivity index (χ2n) is 3.77. The molecule has 0 aliphatic rings. The van der Waals surface area contributed by atoms with Crippen LogP contribution in [0, 0.1) is 6.92 Å². The molecule has 1 N–H and O–H groups in total. The summed E-state index contributed by atoms with van der Waals surface area (Å²) >= 11 is 1.63. The van der Waals surface area contributed by atoms with E-state index in [1.807, 2.05) is 24.4 Å². The third-order valence-electron chi connectivity index (χ3n) is 2.25. The summed E-state index contributed by atoms with van der Waals surface area (Å²) < 4.78 is 5.71. The molecule has 0 saturated carbocycles. The van der Waals surface area contributed by atoms with Crippen molar-refractivity contribution in [2.45, 2.75) is 20.5 Å². The summed E-state index contributed by atoms with van der Waals surface area (Å²) in [7, 11) is 0. The second-order valence-corrected chi connectivity index (χ2v) is 4.88. The van der Waals surface area contributed by atoms with Gasteiger partial charge in [0.1, 0.15) is 12.4 Å². The van der Waals surface area contributed by atoms with E-state index in [0.717, 1.165) is 22.3 Å². The molecule has 2 aromatic rings. The van der Waals surface area contributed by atoms with Crippen LogP contribution in [0.1, 0.15) is 17.4 Å². The Morgan fingerprint density at radius 2 is 2.29 bits per heavy atom. The fraction of sp³-hybridized carbons (Fsp3) is 0.308. The third kappa shape index (κ3) is 3.46. The van der Waals surface area contributed by atoms with Crippen molar-refractivity contribution in [3.63, 3.8) is 0 Å². The molecule has 2 rings (SSSR count). The average Bonchev–Trinajstić information content (AvgIpc) is 2.75. The number of aromatic nitrogens is 1. The molecule has 1 heterocycles. The fourth-order valence-corrected chi connectivity index (χ4v) is 2.26. The monoisotopic (exact) mass is 248 g/mol. The van der Waals surface area contributed by atoms with E-state index in [9.17, 15) is 0 Å². The first kappa shape index (κ1) is 11.9. The molecule has 0 bridgehead atoms. The lowest BCUT2D eigenvalue weighted by Crippen LogP contribution is -1.94. The van der Waals surface area contributed by atoms with E-state index >= 15 is 0 Å².